The molecule has 1 aliphatic carbocycles. The van der Waals surface area contributed by atoms with Gasteiger partial charge in [-0.25, -0.2) is 0 Å². The van der Waals surface area contributed by atoms with Crippen LogP contribution in [0.25, 0.3) is 0 Å². The highest BCUT2D eigenvalue weighted by molar-refractivity contribution is 5.35. The van der Waals surface area contributed by atoms with Crippen LogP contribution in [0.5, 0.6) is 0 Å². The van der Waals surface area contributed by atoms with Crippen LogP contribution in [0.15, 0.2) is 18.2 Å². The lowest BCUT2D eigenvalue weighted by Gasteiger charge is -2.30. The molecule has 1 aliphatic rings. The lowest BCUT2D eigenvalue weighted by Crippen LogP contribution is -2.29. The summed E-state index contributed by atoms with van der Waals surface area (Å²) in [6, 6.07) is 5.92. The second kappa shape index (κ2) is 5.85. The quantitative estimate of drug-likeness (QED) is 0.862. The van der Waals surface area contributed by atoms with Gasteiger partial charge in [0.25, 0.3) is 0 Å². The summed E-state index contributed by atoms with van der Waals surface area (Å²) in [5.74, 6) is 0.258. The highest BCUT2D eigenvalue weighted by Gasteiger charge is 2.29. The first-order valence-electron chi connectivity index (χ1n) is 7.03. The van der Waals surface area contributed by atoms with Crippen molar-refractivity contribution in [3.05, 3.63) is 34.9 Å². The SMILES string of the molecule is Cc1cccc(C(O)C(O)C2CCCCC2)c1C. The van der Waals surface area contributed by atoms with Crippen molar-refractivity contribution in [3.8, 4) is 0 Å². The van der Waals surface area contributed by atoms with E-state index in [1.807, 2.05) is 32.0 Å². The van der Waals surface area contributed by atoms with Gasteiger partial charge in [0.2, 0.25) is 0 Å². The van der Waals surface area contributed by atoms with Crippen molar-refractivity contribution in [1.29, 1.82) is 0 Å². The highest BCUT2D eigenvalue weighted by atomic mass is 16.3. The highest BCUT2D eigenvalue weighted by Crippen LogP contribution is 2.33. The van der Waals surface area contributed by atoms with E-state index >= 15 is 0 Å². The minimum Gasteiger partial charge on any atom is -0.390 e. The normalized spacial score (nSPS) is 20.7. The van der Waals surface area contributed by atoms with Gasteiger partial charge < -0.3 is 10.2 Å². The van der Waals surface area contributed by atoms with Gasteiger partial charge in [-0.1, -0.05) is 37.5 Å². The van der Waals surface area contributed by atoms with Gasteiger partial charge in [-0.15, -0.1) is 0 Å². The third-order valence-electron chi connectivity index (χ3n) is 4.42. The van der Waals surface area contributed by atoms with E-state index in [0.717, 1.165) is 24.0 Å². The molecule has 2 unspecified atom stereocenters. The fourth-order valence-corrected chi connectivity index (χ4v) is 3.01. The van der Waals surface area contributed by atoms with Gasteiger partial charge in [-0.05, 0) is 49.3 Å². The Morgan fingerprint density at radius 1 is 1.06 bits per heavy atom. The maximum Gasteiger partial charge on any atom is 0.105 e. The van der Waals surface area contributed by atoms with E-state index in [4.69, 9.17) is 0 Å². The van der Waals surface area contributed by atoms with Gasteiger partial charge in [-0.3, -0.25) is 0 Å². The van der Waals surface area contributed by atoms with Crippen LogP contribution in [0.2, 0.25) is 0 Å². The lowest BCUT2D eigenvalue weighted by molar-refractivity contribution is -0.0288. The van der Waals surface area contributed by atoms with Crippen molar-refractivity contribution < 1.29 is 10.2 Å². The molecule has 0 aliphatic heterocycles. The van der Waals surface area contributed by atoms with Crippen LogP contribution in [0, 0.1) is 19.8 Å². The molecule has 2 heteroatoms. The fraction of sp³-hybridized carbons (Fsp3) is 0.625. The first-order chi connectivity index (χ1) is 8.61. The zero-order valence-electron chi connectivity index (χ0n) is 11.4. The van der Waals surface area contributed by atoms with Crippen molar-refractivity contribution in [2.45, 2.75) is 58.2 Å². The Hall–Kier alpha value is -0.860. The maximum absolute atomic E-state index is 10.4. The second-order valence-electron chi connectivity index (χ2n) is 5.62. The van der Waals surface area contributed by atoms with Crippen LogP contribution in [-0.2, 0) is 0 Å². The minimum atomic E-state index is -0.743. The van der Waals surface area contributed by atoms with Gasteiger partial charge in [0, 0.05) is 0 Å². The van der Waals surface area contributed by atoms with E-state index in [0.29, 0.717) is 0 Å². The molecule has 2 N–H and O–H groups in total. The van der Waals surface area contributed by atoms with E-state index in [-0.39, 0.29) is 5.92 Å². The molecule has 0 saturated heterocycles. The standard InChI is InChI=1S/C16H24O2/c1-11-7-6-10-14(12(11)2)16(18)15(17)13-8-4-3-5-9-13/h6-7,10,13,15-18H,3-5,8-9H2,1-2H3. The summed E-state index contributed by atoms with van der Waals surface area (Å²) >= 11 is 0. The summed E-state index contributed by atoms with van der Waals surface area (Å²) in [6.07, 6.45) is 4.36. The molecule has 100 valence electrons. The van der Waals surface area contributed by atoms with Crippen LogP contribution in [0.1, 0.15) is 54.9 Å². The van der Waals surface area contributed by atoms with Gasteiger partial charge in [0.05, 0.1) is 6.10 Å². The molecular formula is C16H24O2. The summed E-state index contributed by atoms with van der Waals surface area (Å²) in [5, 5.41) is 20.8. The summed E-state index contributed by atoms with van der Waals surface area (Å²) < 4.78 is 0. The van der Waals surface area contributed by atoms with Gasteiger partial charge in [0.15, 0.2) is 0 Å². The van der Waals surface area contributed by atoms with Crippen LogP contribution in [-0.4, -0.2) is 16.3 Å². The van der Waals surface area contributed by atoms with E-state index < -0.39 is 12.2 Å². The predicted octanol–water partition coefficient (Wildman–Crippen LogP) is 3.28. The summed E-state index contributed by atoms with van der Waals surface area (Å²) in [5.41, 5.74) is 3.15. The monoisotopic (exact) mass is 248 g/mol. The first kappa shape index (κ1) is 13.6. The number of hydrogen-bond donors (Lipinski definition) is 2. The van der Waals surface area contributed by atoms with E-state index in [1.54, 1.807) is 0 Å². The number of aryl methyl sites for hydroxylation is 1. The largest absolute Gasteiger partial charge is 0.390 e. The molecule has 0 amide bonds. The molecule has 2 nitrogen and oxygen atoms in total. The lowest BCUT2D eigenvalue weighted by atomic mass is 9.81. The Balaban J connectivity index is 2.14. The smallest absolute Gasteiger partial charge is 0.105 e. The molecule has 1 fully saturated rings. The number of hydrogen-bond acceptors (Lipinski definition) is 2. The molecule has 2 atom stereocenters. The van der Waals surface area contributed by atoms with Gasteiger partial charge in [-0.2, -0.15) is 0 Å². The van der Waals surface area contributed by atoms with Crippen LogP contribution < -0.4 is 0 Å². The zero-order chi connectivity index (χ0) is 13.1. The molecule has 18 heavy (non-hydrogen) atoms. The van der Waals surface area contributed by atoms with Crippen molar-refractivity contribution in [3.63, 3.8) is 0 Å². The first-order valence-corrected chi connectivity index (χ1v) is 7.03. The third kappa shape index (κ3) is 2.76. The second-order valence-corrected chi connectivity index (χ2v) is 5.62. The predicted molar refractivity (Wildman–Crippen MR) is 73.5 cm³/mol. The summed E-state index contributed by atoms with van der Waals surface area (Å²) in [7, 11) is 0. The molecule has 1 saturated carbocycles. The summed E-state index contributed by atoms with van der Waals surface area (Å²) in [6.45, 7) is 4.06. The van der Waals surface area contributed by atoms with Gasteiger partial charge in [0.1, 0.15) is 6.10 Å². The number of rotatable bonds is 3. The number of benzene rings is 1. The molecule has 0 spiro atoms. The maximum atomic E-state index is 10.4. The molecule has 0 radical (unpaired) electrons. The average molecular weight is 248 g/mol. The van der Waals surface area contributed by atoms with E-state index in [2.05, 4.69) is 0 Å². The minimum absolute atomic E-state index is 0.258. The number of aliphatic hydroxyl groups is 2. The van der Waals surface area contributed by atoms with Crippen LogP contribution in [0.4, 0.5) is 0 Å². The Morgan fingerprint density at radius 2 is 1.72 bits per heavy atom. The van der Waals surface area contributed by atoms with Gasteiger partial charge >= 0.3 is 0 Å². The summed E-state index contributed by atoms with van der Waals surface area (Å²) in [4.78, 5) is 0. The van der Waals surface area contributed by atoms with Crippen molar-refractivity contribution in [2.24, 2.45) is 5.92 Å². The Morgan fingerprint density at radius 3 is 2.39 bits per heavy atom. The topological polar surface area (TPSA) is 40.5 Å². The molecule has 0 heterocycles. The average Bonchev–Trinajstić information content (AvgIpc) is 2.41. The molecule has 0 aromatic heterocycles. The molecule has 2 rings (SSSR count). The van der Waals surface area contributed by atoms with Crippen LogP contribution in [0.3, 0.4) is 0 Å². The molecule has 1 aromatic carbocycles. The fourth-order valence-electron chi connectivity index (χ4n) is 3.01. The third-order valence-corrected chi connectivity index (χ3v) is 4.42. The Labute approximate surface area is 110 Å². The van der Waals surface area contributed by atoms with E-state index in [9.17, 15) is 10.2 Å². The zero-order valence-corrected chi connectivity index (χ0v) is 11.4. The van der Waals surface area contributed by atoms with Crippen LogP contribution >= 0.6 is 0 Å². The Kier molecular flexibility index (Phi) is 4.41. The van der Waals surface area contributed by atoms with Crippen molar-refractivity contribution in [1.82, 2.24) is 0 Å². The molecule has 0 bridgehead atoms. The van der Waals surface area contributed by atoms with E-state index in [1.165, 1.54) is 24.8 Å². The van der Waals surface area contributed by atoms with Crippen molar-refractivity contribution >= 4 is 0 Å². The number of aliphatic hydroxyl groups excluding tert-OH is 2. The molecular weight excluding hydrogens is 224 g/mol. The molecule has 1 aromatic rings. The van der Waals surface area contributed by atoms with Crippen molar-refractivity contribution in [2.75, 3.05) is 0 Å². The Bertz CT molecular complexity index is 394.